The summed E-state index contributed by atoms with van der Waals surface area (Å²) in [5, 5.41) is 13.0. The van der Waals surface area contributed by atoms with Crippen LogP contribution in [-0.2, 0) is 11.3 Å². The van der Waals surface area contributed by atoms with Crippen LogP contribution in [0.3, 0.4) is 0 Å². The van der Waals surface area contributed by atoms with Gasteiger partial charge in [-0.3, -0.25) is 4.98 Å². The number of benzene rings is 1. The first kappa shape index (κ1) is 17.2. The van der Waals surface area contributed by atoms with E-state index >= 15 is 0 Å². The number of aromatic nitrogens is 4. The van der Waals surface area contributed by atoms with Crippen LogP contribution >= 0.6 is 0 Å². The first-order chi connectivity index (χ1) is 13.3. The molecule has 2 N–H and O–H groups in total. The highest BCUT2D eigenvalue weighted by molar-refractivity contribution is 5.60. The Kier molecular flexibility index (Phi) is 5.06. The molecule has 138 valence electrons. The maximum Gasteiger partial charge on any atom is 0.230 e. The van der Waals surface area contributed by atoms with Crippen molar-refractivity contribution in [2.75, 3.05) is 36.5 Å². The Bertz CT molecular complexity index is 900. The number of hydrogen-bond donors (Lipinski definition) is 2. The molecule has 0 aliphatic carbocycles. The number of hydrogen-bond acceptors (Lipinski definition) is 8. The molecule has 0 radical (unpaired) electrons. The van der Waals surface area contributed by atoms with Crippen LogP contribution in [0, 0.1) is 0 Å². The molecule has 3 aromatic rings. The zero-order valence-electron chi connectivity index (χ0n) is 14.7. The van der Waals surface area contributed by atoms with Gasteiger partial charge in [0.25, 0.3) is 0 Å². The molecule has 0 saturated carbocycles. The number of phenols is 1. The van der Waals surface area contributed by atoms with Gasteiger partial charge in [-0.05, 0) is 24.3 Å². The molecule has 1 aromatic carbocycles. The van der Waals surface area contributed by atoms with E-state index in [1.54, 1.807) is 24.4 Å². The van der Waals surface area contributed by atoms with Gasteiger partial charge in [0, 0.05) is 24.8 Å². The standard InChI is InChI=1S/C19H20N6O2/c26-16-6-3-4-14(12-16)17-22-18(21-13-15-5-1-2-7-20-15)24-19(23-17)25-8-10-27-11-9-25/h1-7,12,26H,8-11,13H2,(H,21,22,23,24). The lowest BCUT2D eigenvalue weighted by molar-refractivity contribution is 0.122. The molecule has 3 heterocycles. The fourth-order valence-corrected chi connectivity index (χ4v) is 2.79. The van der Waals surface area contributed by atoms with Gasteiger partial charge >= 0.3 is 0 Å². The minimum atomic E-state index is 0.170. The number of phenolic OH excluding ortho intramolecular Hbond substituents is 1. The fraction of sp³-hybridized carbons (Fsp3) is 0.263. The van der Waals surface area contributed by atoms with E-state index in [-0.39, 0.29) is 5.75 Å². The Morgan fingerprint density at radius 1 is 1.04 bits per heavy atom. The smallest absolute Gasteiger partial charge is 0.230 e. The zero-order valence-corrected chi connectivity index (χ0v) is 14.7. The maximum absolute atomic E-state index is 9.79. The zero-order chi connectivity index (χ0) is 18.5. The number of rotatable bonds is 5. The van der Waals surface area contributed by atoms with Gasteiger partial charge in [0.2, 0.25) is 11.9 Å². The summed E-state index contributed by atoms with van der Waals surface area (Å²) in [5.74, 6) is 1.74. The third kappa shape index (κ3) is 4.29. The van der Waals surface area contributed by atoms with E-state index in [4.69, 9.17) is 4.74 Å². The van der Waals surface area contributed by atoms with E-state index < -0.39 is 0 Å². The summed E-state index contributed by atoms with van der Waals surface area (Å²) in [7, 11) is 0. The molecule has 0 unspecified atom stereocenters. The van der Waals surface area contributed by atoms with Gasteiger partial charge in [0.1, 0.15) is 5.75 Å². The number of nitrogens with zero attached hydrogens (tertiary/aromatic N) is 5. The van der Waals surface area contributed by atoms with Crippen LogP contribution in [0.4, 0.5) is 11.9 Å². The monoisotopic (exact) mass is 364 g/mol. The van der Waals surface area contributed by atoms with Crippen molar-refractivity contribution in [3.8, 4) is 17.1 Å². The molecular formula is C19H20N6O2. The van der Waals surface area contributed by atoms with Gasteiger partial charge in [-0.15, -0.1) is 0 Å². The van der Waals surface area contributed by atoms with E-state index in [0.717, 1.165) is 24.3 Å². The molecule has 27 heavy (non-hydrogen) atoms. The molecule has 1 aliphatic heterocycles. The minimum absolute atomic E-state index is 0.170. The first-order valence-corrected chi connectivity index (χ1v) is 8.80. The van der Waals surface area contributed by atoms with Crippen LogP contribution in [-0.4, -0.2) is 51.3 Å². The number of aromatic hydroxyl groups is 1. The summed E-state index contributed by atoms with van der Waals surface area (Å²) in [6, 6.07) is 12.6. The van der Waals surface area contributed by atoms with Gasteiger partial charge in [0.05, 0.1) is 25.5 Å². The van der Waals surface area contributed by atoms with Crippen molar-refractivity contribution in [3.63, 3.8) is 0 Å². The lowest BCUT2D eigenvalue weighted by Gasteiger charge is -2.27. The molecule has 0 spiro atoms. The lowest BCUT2D eigenvalue weighted by Crippen LogP contribution is -2.37. The van der Waals surface area contributed by atoms with E-state index in [1.807, 2.05) is 24.3 Å². The second-order valence-corrected chi connectivity index (χ2v) is 6.11. The summed E-state index contributed by atoms with van der Waals surface area (Å²) in [4.78, 5) is 20.1. The first-order valence-electron chi connectivity index (χ1n) is 8.80. The molecule has 0 bridgehead atoms. The topological polar surface area (TPSA) is 96.3 Å². The second kappa shape index (κ2) is 7.96. The summed E-state index contributed by atoms with van der Waals surface area (Å²) in [5.41, 5.74) is 1.62. The van der Waals surface area contributed by atoms with E-state index in [9.17, 15) is 5.11 Å². The van der Waals surface area contributed by atoms with Gasteiger partial charge < -0.3 is 20.1 Å². The van der Waals surface area contributed by atoms with Crippen molar-refractivity contribution >= 4 is 11.9 Å². The molecule has 0 amide bonds. The van der Waals surface area contributed by atoms with Crippen molar-refractivity contribution in [2.24, 2.45) is 0 Å². The highest BCUT2D eigenvalue weighted by atomic mass is 16.5. The van der Waals surface area contributed by atoms with Crippen molar-refractivity contribution in [1.82, 2.24) is 19.9 Å². The molecule has 8 heteroatoms. The van der Waals surface area contributed by atoms with Crippen molar-refractivity contribution < 1.29 is 9.84 Å². The van der Waals surface area contributed by atoms with Crippen molar-refractivity contribution in [3.05, 3.63) is 54.4 Å². The predicted molar refractivity (Wildman–Crippen MR) is 102 cm³/mol. The lowest BCUT2D eigenvalue weighted by atomic mass is 10.2. The number of pyridine rings is 1. The molecule has 1 fully saturated rings. The number of nitrogens with one attached hydrogen (secondary N) is 1. The second-order valence-electron chi connectivity index (χ2n) is 6.11. The van der Waals surface area contributed by atoms with Crippen LogP contribution in [0.25, 0.3) is 11.4 Å². The van der Waals surface area contributed by atoms with Gasteiger partial charge in [0.15, 0.2) is 5.82 Å². The normalized spacial score (nSPS) is 14.1. The molecule has 8 nitrogen and oxygen atoms in total. The van der Waals surface area contributed by atoms with E-state index in [1.165, 1.54) is 0 Å². The quantitative estimate of drug-likeness (QED) is 0.710. The van der Waals surface area contributed by atoms with E-state index in [2.05, 4.69) is 30.2 Å². The predicted octanol–water partition coefficient (Wildman–Crippen LogP) is 2.09. The maximum atomic E-state index is 9.79. The average molecular weight is 364 g/mol. The summed E-state index contributed by atoms with van der Waals surface area (Å²) in [6.07, 6.45) is 1.75. The molecule has 1 saturated heterocycles. The summed E-state index contributed by atoms with van der Waals surface area (Å²) >= 11 is 0. The van der Waals surface area contributed by atoms with Gasteiger partial charge in [-0.1, -0.05) is 18.2 Å². The number of ether oxygens (including phenoxy) is 1. The third-order valence-electron chi connectivity index (χ3n) is 4.18. The third-order valence-corrected chi connectivity index (χ3v) is 4.18. The van der Waals surface area contributed by atoms with Gasteiger partial charge in [-0.25, -0.2) is 0 Å². The molecular weight excluding hydrogens is 344 g/mol. The van der Waals surface area contributed by atoms with Crippen LogP contribution in [0.5, 0.6) is 5.75 Å². The molecule has 4 rings (SSSR count). The van der Waals surface area contributed by atoms with Crippen LogP contribution in [0.1, 0.15) is 5.69 Å². The minimum Gasteiger partial charge on any atom is -0.508 e. The van der Waals surface area contributed by atoms with Crippen LogP contribution < -0.4 is 10.2 Å². The fourth-order valence-electron chi connectivity index (χ4n) is 2.79. The van der Waals surface area contributed by atoms with Crippen molar-refractivity contribution in [2.45, 2.75) is 6.54 Å². The Morgan fingerprint density at radius 2 is 1.93 bits per heavy atom. The molecule has 2 aromatic heterocycles. The average Bonchev–Trinajstić information content (AvgIpc) is 2.73. The van der Waals surface area contributed by atoms with Crippen molar-refractivity contribution in [1.29, 1.82) is 0 Å². The van der Waals surface area contributed by atoms with Gasteiger partial charge in [-0.2, -0.15) is 15.0 Å². The Labute approximate surface area is 156 Å². The number of morpholine rings is 1. The SMILES string of the molecule is Oc1cccc(-c2nc(NCc3ccccn3)nc(N3CCOCC3)n2)c1. The largest absolute Gasteiger partial charge is 0.508 e. The highest BCUT2D eigenvalue weighted by Gasteiger charge is 2.17. The Morgan fingerprint density at radius 3 is 2.70 bits per heavy atom. The molecule has 1 aliphatic rings. The highest BCUT2D eigenvalue weighted by Crippen LogP contribution is 2.23. The molecule has 0 atom stereocenters. The van der Waals surface area contributed by atoms with Crippen LogP contribution in [0.2, 0.25) is 0 Å². The van der Waals surface area contributed by atoms with E-state index in [0.29, 0.717) is 37.5 Å². The van der Waals surface area contributed by atoms with Crippen LogP contribution in [0.15, 0.2) is 48.7 Å². The summed E-state index contributed by atoms with van der Waals surface area (Å²) < 4.78 is 5.42. The Balaban J connectivity index is 1.65. The number of anilines is 2. The Hall–Kier alpha value is -3.26. The summed E-state index contributed by atoms with van der Waals surface area (Å²) in [6.45, 7) is 3.24.